The second kappa shape index (κ2) is 36.2. The van der Waals surface area contributed by atoms with E-state index in [4.69, 9.17) is 0 Å². The van der Waals surface area contributed by atoms with Gasteiger partial charge < -0.3 is 37.1 Å². The minimum atomic E-state index is 0. The zero-order valence-corrected chi connectivity index (χ0v) is 31.6. The number of carbonyl (C=O) groups excluding carboxylic acids is 1. The summed E-state index contributed by atoms with van der Waals surface area (Å²) in [7, 11) is 0. The van der Waals surface area contributed by atoms with Crippen molar-refractivity contribution in [1.82, 2.24) is 0 Å². The van der Waals surface area contributed by atoms with Gasteiger partial charge >= 0.3 is 21.1 Å². The predicted octanol–water partition coefficient (Wildman–Crippen LogP) is 11.4. The van der Waals surface area contributed by atoms with Gasteiger partial charge in [-0.3, -0.25) is 4.79 Å². The first-order chi connectivity index (χ1) is 13.0. The van der Waals surface area contributed by atoms with Crippen LogP contribution in [0.4, 0.5) is 0 Å². The molecule has 0 amide bonds. The standard InChI is InChI=1S/C10H18.C6H10O.C5H10.C3H8.C2H6.5CH3.2W/c1-2-6-10-8-4-3-7-9(10)5-1;7-6-4-2-1-3-5-6;1-5(2)3-4-5;1-3-2;1-2;;;;;;;/h9-10H,1-8H2;1-5H2;3-4H2,1-2H3;3H2,1-2H3;1-2H3;5*1H3;;/q;;;;;5*-1;;+2. The van der Waals surface area contributed by atoms with E-state index in [0.29, 0.717) is 5.78 Å². The maximum Gasteiger partial charge on any atom is 2.00 e. The Hall–Kier alpha value is 1.05. The van der Waals surface area contributed by atoms with Crippen LogP contribution >= 0.6 is 0 Å². The average Bonchev–Trinajstić information content (AvgIpc) is 3.40. The first-order valence-electron chi connectivity index (χ1n) is 12.5. The Bertz CT molecular complexity index is 315. The zero-order chi connectivity index (χ0) is 20.5. The van der Waals surface area contributed by atoms with Crippen molar-refractivity contribution in [3.63, 3.8) is 0 Å². The fourth-order valence-electron chi connectivity index (χ4n) is 4.05. The predicted molar refractivity (Wildman–Crippen MR) is 154 cm³/mol. The SMILES string of the molecule is C1CCC2CCCCC2C1.CC.CC1(C)CC1.CCC.O=C1CCCCC1.[CH3-].[CH3-].[CH3-].[CH3-].[CH3-].[W+2].[W]. The monoisotopic (exact) mass is 823 g/mol. The third-order valence-corrected chi connectivity index (χ3v) is 6.13. The van der Waals surface area contributed by atoms with Crippen molar-refractivity contribution in [2.24, 2.45) is 17.3 Å². The Balaban J connectivity index is -0.0000000427. The fraction of sp³-hybridized carbons (Fsp3) is 0.806. The molecule has 4 aliphatic carbocycles. The minimum absolute atomic E-state index is 0. The summed E-state index contributed by atoms with van der Waals surface area (Å²) in [5.41, 5.74) is 0.750. The molecule has 34 heavy (non-hydrogen) atoms. The molecule has 3 heteroatoms. The molecular weight excluding hydrogens is 756 g/mol. The van der Waals surface area contributed by atoms with E-state index in [-0.39, 0.29) is 79.3 Å². The summed E-state index contributed by atoms with van der Waals surface area (Å²) in [6, 6.07) is 0. The Kier molecular flexibility index (Phi) is 59.1. The van der Waals surface area contributed by atoms with Crippen molar-refractivity contribution in [2.75, 3.05) is 0 Å². The van der Waals surface area contributed by atoms with E-state index < -0.39 is 0 Å². The number of hydrogen-bond acceptors (Lipinski definition) is 1. The second-order valence-electron chi connectivity index (χ2n) is 9.56. The van der Waals surface area contributed by atoms with Crippen LogP contribution in [0.2, 0.25) is 0 Å². The molecule has 4 aliphatic rings. The van der Waals surface area contributed by atoms with Gasteiger partial charge in [0.1, 0.15) is 5.78 Å². The number of hydrogen-bond donors (Lipinski definition) is 0. The van der Waals surface area contributed by atoms with E-state index in [0.717, 1.165) is 42.9 Å². The third kappa shape index (κ3) is 33.0. The first-order valence-corrected chi connectivity index (χ1v) is 12.5. The van der Waals surface area contributed by atoms with Crippen LogP contribution in [-0.2, 0) is 46.9 Å². The second-order valence-corrected chi connectivity index (χ2v) is 9.56. The van der Waals surface area contributed by atoms with Crippen molar-refractivity contribution in [2.45, 2.75) is 144 Å². The molecule has 4 rings (SSSR count). The first kappa shape index (κ1) is 55.5. The summed E-state index contributed by atoms with van der Waals surface area (Å²) in [6.45, 7) is 12.8. The Morgan fingerprint density at radius 2 is 0.882 bits per heavy atom. The summed E-state index contributed by atoms with van der Waals surface area (Å²) in [6.07, 6.45) is 21.7. The van der Waals surface area contributed by atoms with E-state index >= 15 is 0 Å². The maximum atomic E-state index is 10.5. The molecule has 0 heterocycles. The summed E-state index contributed by atoms with van der Waals surface area (Å²) >= 11 is 0. The fourth-order valence-corrected chi connectivity index (χ4v) is 4.05. The normalized spacial score (nSPS) is 21.8. The molecule has 0 radical (unpaired) electrons. The van der Waals surface area contributed by atoms with Gasteiger partial charge in [0.2, 0.25) is 0 Å². The number of Topliss-reactive ketones (excluding diaryl/α,β-unsaturated/α-hetero) is 1. The molecule has 212 valence electrons. The van der Waals surface area contributed by atoms with E-state index in [1.165, 1.54) is 51.4 Å². The number of rotatable bonds is 0. The van der Waals surface area contributed by atoms with Gasteiger partial charge in [-0.05, 0) is 42.9 Å². The van der Waals surface area contributed by atoms with Crippen LogP contribution in [0.15, 0.2) is 0 Å². The van der Waals surface area contributed by atoms with Crippen LogP contribution in [0.1, 0.15) is 144 Å². The smallest absolute Gasteiger partial charge is 0.358 e. The van der Waals surface area contributed by atoms with Crippen LogP contribution in [-0.4, -0.2) is 5.78 Å². The van der Waals surface area contributed by atoms with Crippen LogP contribution in [0.3, 0.4) is 0 Å². The molecule has 0 aromatic heterocycles. The molecule has 0 N–H and O–H groups in total. The molecule has 1 nitrogen and oxygen atoms in total. The zero-order valence-electron chi connectivity index (χ0n) is 25.7. The molecule has 0 atom stereocenters. The van der Waals surface area contributed by atoms with Crippen LogP contribution in [0.5, 0.6) is 0 Å². The minimum Gasteiger partial charge on any atom is -0.358 e. The topological polar surface area (TPSA) is 17.1 Å². The Morgan fingerprint density at radius 1 is 0.647 bits per heavy atom. The van der Waals surface area contributed by atoms with Crippen molar-refractivity contribution >= 4 is 5.78 Å². The molecule has 0 spiro atoms. The molecule has 0 aliphatic heterocycles. The third-order valence-electron chi connectivity index (χ3n) is 6.13. The molecule has 4 saturated carbocycles. The van der Waals surface area contributed by atoms with Crippen LogP contribution in [0, 0.1) is 54.4 Å². The Morgan fingerprint density at radius 3 is 1.03 bits per heavy atom. The van der Waals surface area contributed by atoms with E-state index in [2.05, 4.69) is 27.7 Å². The van der Waals surface area contributed by atoms with Crippen LogP contribution in [0.25, 0.3) is 0 Å². The van der Waals surface area contributed by atoms with Gasteiger partial charge in [0.15, 0.2) is 0 Å². The van der Waals surface area contributed by atoms with Gasteiger partial charge in [-0.2, -0.15) is 0 Å². The molecule has 0 aromatic carbocycles. The van der Waals surface area contributed by atoms with Crippen molar-refractivity contribution in [3.05, 3.63) is 37.1 Å². The summed E-state index contributed by atoms with van der Waals surface area (Å²) < 4.78 is 0. The molecular formula is C31H67OW2-3. The summed E-state index contributed by atoms with van der Waals surface area (Å²) in [4.78, 5) is 10.5. The largest absolute Gasteiger partial charge is 2.00 e. The van der Waals surface area contributed by atoms with Gasteiger partial charge in [-0.1, -0.05) is 106 Å². The summed E-state index contributed by atoms with van der Waals surface area (Å²) in [5.74, 6) is 2.77. The molecule has 0 aromatic rings. The molecule has 4 fully saturated rings. The quantitative estimate of drug-likeness (QED) is 0.223. The van der Waals surface area contributed by atoms with E-state index in [1.807, 2.05) is 13.8 Å². The Labute approximate surface area is 250 Å². The van der Waals surface area contributed by atoms with Crippen molar-refractivity contribution < 1.29 is 46.9 Å². The van der Waals surface area contributed by atoms with Gasteiger partial charge in [-0.15, -0.1) is 0 Å². The number of ketones is 1. The van der Waals surface area contributed by atoms with Crippen LogP contribution < -0.4 is 0 Å². The van der Waals surface area contributed by atoms with Crippen molar-refractivity contribution in [1.29, 1.82) is 0 Å². The van der Waals surface area contributed by atoms with Crippen molar-refractivity contribution in [3.8, 4) is 0 Å². The average molecular weight is 824 g/mol. The molecule has 0 saturated heterocycles. The van der Waals surface area contributed by atoms with Gasteiger partial charge in [-0.25, -0.2) is 0 Å². The van der Waals surface area contributed by atoms with Gasteiger partial charge in [0, 0.05) is 33.9 Å². The number of fused-ring (bicyclic) bond motifs is 1. The van der Waals surface area contributed by atoms with Gasteiger partial charge in [0.05, 0.1) is 0 Å². The molecule has 0 bridgehead atoms. The van der Waals surface area contributed by atoms with E-state index in [9.17, 15) is 4.79 Å². The molecule has 0 unspecified atom stereocenters. The number of carbonyl (C=O) groups is 1. The van der Waals surface area contributed by atoms with E-state index in [1.54, 1.807) is 25.7 Å². The maximum absolute atomic E-state index is 10.5. The summed E-state index contributed by atoms with van der Waals surface area (Å²) in [5, 5.41) is 0. The van der Waals surface area contributed by atoms with Gasteiger partial charge in [0.25, 0.3) is 0 Å².